The van der Waals surface area contributed by atoms with Crippen LogP contribution in [0.1, 0.15) is 0 Å². The summed E-state index contributed by atoms with van der Waals surface area (Å²) in [5.74, 6) is 0. The van der Waals surface area contributed by atoms with Crippen LogP contribution in [0.4, 0.5) is 0 Å². The van der Waals surface area contributed by atoms with E-state index in [2.05, 4.69) is 155 Å². The van der Waals surface area contributed by atoms with Crippen molar-refractivity contribution < 1.29 is 0 Å². The lowest BCUT2D eigenvalue weighted by Crippen LogP contribution is -1.93. The van der Waals surface area contributed by atoms with Gasteiger partial charge in [-0.1, -0.05) is 108 Å². The van der Waals surface area contributed by atoms with E-state index >= 15 is 0 Å². The van der Waals surface area contributed by atoms with E-state index in [9.17, 15) is 0 Å². The molecular formula is C38H24N4S. The average Bonchev–Trinajstić information content (AvgIpc) is 3.78. The monoisotopic (exact) mass is 568 g/mol. The number of nitrogens with zero attached hydrogens (tertiary/aromatic N) is 4. The summed E-state index contributed by atoms with van der Waals surface area (Å²) < 4.78 is 4.68. The number of rotatable bonds is 4. The van der Waals surface area contributed by atoms with Crippen LogP contribution in [0.5, 0.6) is 0 Å². The molecule has 9 rings (SSSR count). The topological polar surface area (TPSA) is 35.6 Å². The summed E-state index contributed by atoms with van der Waals surface area (Å²) in [6, 6.07) is 51.5. The molecule has 0 saturated carbocycles. The molecule has 9 aromatic rings. The van der Waals surface area contributed by atoms with Crippen molar-refractivity contribution in [3.05, 3.63) is 146 Å². The third-order valence-electron chi connectivity index (χ3n) is 8.30. The van der Waals surface area contributed by atoms with Crippen molar-refractivity contribution in [3.8, 4) is 32.5 Å². The molecule has 3 aromatic heterocycles. The lowest BCUT2D eigenvalue weighted by atomic mass is 10.1. The first kappa shape index (κ1) is 24.1. The molecule has 0 aliphatic rings. The van der Waals surface area contributed by atoms with Crippen molar-refractivity contribution in [2.45, 2.75) is 0 Å². The molecule has 6 aromatic carbocycles. The van der Waals surface area contributed by atoms with E-state index in [1.165, 1.54) is 32.6 Å². The molecular weight excluding hydrogens is 545 g/mol. The van der Waals surface area contributed by atoms with Crippen molar-refractivity contribution in [3.63, 3.8) is 0 Å². The van der Waals surface area contributed by atoms with Crippen LogP contribution >= 0.6 is 11.3 Å². The van der Waals surface area contributed by atoms with E-state index in [1.807, 2.05) is 0 Å². The van der Waals surface area contributed by atoms with Crippen LogP contribution in [0, 0.1) is 0 Å². The lowest BCUT2D eigenvalue weighted by molar-refractivity contribution is 1.10. The highest BCUT2D eigenvalue weighted by molar-refractivity contribution is 7.18. The van der Waals surface area contributed by atoms with Crippen LogP contribution < -0.4 is 0 Å². The van der Waals surface area contributed by atoms with Gasteiger partial charge in [-0.05, 0) is 48.5 Å². The van der Waals surface area contributed by atoms with Gasteiger partial charge in [0.2, 0.25) is 0 Å². The molecule has 5 heteroatoms. The van der Waals surface area contributed by atoms with Gasteiger partial charge < -0.3 is 9.13 Å². The molecule has 0 spiro atoms. The second-order valence-corrected chi connectivity index (χ2v) is 11.7. The molecule has 0 atom stereocenters. The zero-order valence-electron chi connectivity index (χ0n) is 23.1. The Bertz CT molecular complexity index is 2450. The predicted molar refractivity (Wildman–Crippen MR) is 179 cm³/mol. The Balaban J connectivity index is 1.23. The van der Waals surface area contributed by atoms with Gasteiger partial charge in [-0.25, -0.2) is 0 Å². The highest BCUT2D eigenvalue weighted by atomic mass is 32.1. The van der Waals surface area contributed by atoms with Crippen molar-refractivity contribution in [2.24, 2.45) is 0 Å². The normalized spacial score (nSPS) is 11.7. The molecule has 3 heterocycles. The van der Waals surface area contributed by atoms with Gasteiger partial charge in [0.25, 0.3) is 0 Å². The first-order chi connectivity index (χ1) is 21.3. The molecule has 202 valence electrons. The number of hydrogen-bond acceptors (Lipinski definition) is 3. The van der Waals surface area contributed by atoms with E-state index in [0.29, 0.717) is 0 Å². The Labute approximate surface area is 251 Å². The van der Waals surface area contributed by atoms with Gasteiger partial charge in [0, 0.05) is 44.0 Å². The summed E-state index contributed by atoms with van der Waals surface area (Å²) in [6.45, 7) is 0. The fourth-order valence-electron chi connectivity index (χ4n) is 6.46. The number of hydrogen-bond donors (Lipinski definition) is 0. The highest BCUT2D eigenvalue weighted by Gasteiger charge is 2.19. The van der Waals surface area contributed by atoms with Gasteiger partial charge in [0.15, 0.2) is 0 Å². The van der Waals surface area contributed by atoms with Gasteiger partial charge >= 0.3 is 0 Å². The summed E-state index contributed by atoms with van der Waals surface area (Å²) in [5, 5.41) is 16.2. The average molecular weight is 569 g/mol. The van der Waals surface area contributed by atoms with Crippen molar-refractivity contribution in [1.82, 2.24) is 19.3 Å². The van der Waals surface area contributed by atoms with E-state index in [-0.39, 0.29) is 0 Å². The van der Waals surface area contributed by atoms with Gasteiger partial charge in [0.1, 0.15) is 10.0 Å². The lowest BCUT2D eigenvalue weighted by Gasteiger charge is -2.08. The molecule has 0 aliphatic heterocycles. The molecule has 0 aliphatic carbocycles. The molecule has 0 fully saturated rings. The van der Waals surface area contributed by atoms with Crippen LogP contribution in [-0.4, -0.2) is 19.3 Å². The summed E-state index contributed by atoms with van der Waals surface area (Å²) in [6.07, 6.45) is 0. The highest BCUT2D eigenvalue weighted by Crippen LogP contribution is 2.41. The molecule has 0 amide bonds. The largest absolute Gasteiger partial charge is 0.309 e. The maximum atomic E-state index is 4.76. The van der Waals surface area contributed by atoms with Gasteiger partial charge in [-0.3, -0.25) is 0 Å². The number of fused-ring (bicyclic) bond motifs is 6. The van der Waals surface area contributed by atoms with Crippen LogP contribution in [0.3, 0.4) is 0 Å². The molecule has 4 nitrogen and oxygen atoms in total. The Kier molecular flexibility index (Phi) is 5.33. The minimum Gasteiger partial charge on any atom is -0.309 e. The smallest absolute Gasteiger partial charge is 0.148 e. The summed E-state index contributed by atoms with van der Waals surface area (Å²) in [4.78, 5) is 0. The molecule has 0 bridgehead atoms. The van der Waals surface area contributed by atoms with E-state index < -0.39 is 0 Å². The van der Waals surface area contributed by atoms with E-state index in [0.717, 1.165) is 43.6 Å². The fourth-order valence-corrected chi connectivity index (χ4v) is 7.33. The van der Waals surface area contributed by atoms with Crippen LogP contribution in [0.25, 0.3) is 76.1 Å². The Hall–Kier alpha value is -5.52. The van der Waals surface area contributed by atoms with Crippen molar-refractivity contribution in [1.29, 1.82) is 0 Å². The van der Waals surface area contributed by atoms with Gasteiger partial charge in [-0.2, -0.15) is 0 Å². The standard InChI is InChI=1S/C38H24N4S/c1-3-12-26(13-4-1)41-33-20-10-8-17-30(33)36-31(18-11-21-34(36)41)38-40-39-37(43-38)25-22-23-29-28-16-7-9-19-32(28)42(35(29)24-25)27-14-5-2-6-15-27/h1-24H. The Morgan fingerprint density at radius 3 is 1.72 bits per heavy atom. The number of para-hydroxylation sites is 4. The van der Waals surface area contributed by atoms with Crippen molar-refractivity contribution in [2.75, 3.05) is 0 Å². The Morgan fingerprint density at radius 2 is 0.977 bits per heavy atom. The maximum Gasteiger partial charge on any atom is 0.148 e. The second-order valence-electron chi connectivity index (χ2n) is 10.7. The second kappa shape index (κ2) is 9.51. The summed E-state index contributed by atoms with van der Waals surface area (Å²) in [7, 11) is 0. The first-order valence-corrected chi connectivity index (χ1v) is 15.2. The molecule has 0 saturated heterocycles. The van der Waals surface area contributed by atoms with Gasteiger partial charge in [0.05, 0.1) is 22.1 Å². The third-order valence-corrected chi connectivity index (χ3v) is 9.31. The Morgan fingerprint density at radius 1 is 0.419 bits per heavy atom. The fraction of sp³-hybridized carbons (Fsp3) is 0. The minimum absolute atomic E-state index is 0.908. The summed E-state index contributed by atoms with van der Waals surface area (Å²) >= 11 is 1.64. The maximum absolute atomic E-state index is 4.76. The van der Waals surface area contributed by atoms with Gasteiger partial charge in [-0.15, -0.1) is 10.2 Å². The quantitative estimate of drug-likeness (QED) is 0.212. The zero-order valence-corrected chi connectivity index (χ0v) is 23.9. The van der Waals surface area contributed by atoms with E-state index in [4.69, 9.17) is 10.2 Å². The van der Waals surface area contributed by atoms with Crippen LogP contribution in [0.2, 0.25) is 0 Å². The SMILES string of the molecule is c1ccc(-n2c3ccccc3c3ccc(-c4nnc(-c5cccc6c5c5ccccc5n6-c5ccccc5)s4)cc32)cc1. The molecule has 0 radical (unpaired) electrons. The molecule has 0 N–H and O–H groups in total. The number of aromatic nitrogens is 4. The number of benzene rings is 6. The zero-order chi connectivity index (χ0) is 28.3. The minimum atomic E-state index is 0.908. The molecule has 43 heavy (non-hydrogen) atoms. The van der Waals surface area contributed by atoms with Crippen LogP contribution in [0.15, 0.2) is 146 Å². The molecule has 0 unspecified atom stereocenters. The van der Waals surface area contributed by atoms with E-state index in [1.54, 1.807) is 11.3 Å². The first-order valence-electron chi connectivity index (χ1n) is 14.4. The summed E-state index contributed by atoms with van der Waals surface area (Å²) in [5.41, 5.74) is 9.16. The van der Waals surface area contributed by atoms with Crippen LogP contribution in [-0.2, 0) is 0 Å². The third kappa shape index (κ3) is 3.69. The van der Waals surface area contributed by atoms with Crippen molar-refractivity contribution >= 4 is 54.9 Å². The predicted octanol–water partition coefficient (Wildman–Crippen LogP) is 10.1.